The van der Waals surface area contributed by atoms with E-state index in [1.54, 1.807) is 30.5 Å². The minimum absolute atomic E-state index is 0.00476. The Morgan fingerprint density at radius 2 is 1.82 bits per heavy atom. The van der Waals surface area contributed by atoms with Crippen molar-refractivity contribution < 1.29 is 9.94 Å². The summed E-state index contributed by atoms with van der Waals surface area (Å²) in [6.07, 6.45) is 1.56. The number of halogens is 2. The van der Waals surface area contributed by atoms with E-state index < -0.39 is 5.60 Å². The molecule has 0 fully saturated rings. The lowest BCUT2D eigenvalue weighted by atomic mass is 10.1. The van der Waals surface area contributed by atoms with Crippen molar-refractivity contribution in [3.05, 3.63) is 57.8 Å². The van der Waals surface area contributed by atoms with Gasteiger partial charge in [-0.25, -0.2) is 0 Å². The standard InChI is InChI=1S/C16H16Cl2N2O2/c1-16(2,3)22-20-14(15-13(21)5-4-6-19-15)10-7-11(17)9-12(18)8-10/h4-9,21H,1-3H3/b20-14-. The van der Waals surface area contributed by atoms with Gasteiger partial charge in [0.15, 0.2) is 0 Å². The number of aromatic nitrogens is 1. The van der Waals surface area contributed by atoms with Gasteiger partial charge in [0.05, 0.1) is 0 Å². The number of benzene rings is 1. The zero-order valence-electron chi connectivity index (χ0n) is 12.5. The van der Waals surface area contributed by atoms with Gasteiger partial charge in [-0.1, -0.05) is 28.4 Å². The third kappa shape index (κ3) is 4.36. The SMILES string of the molecule is CC(C)(C)O/N=C(/c1cc(Cl)cc(Cl)c1)c1ncccc1O. The third-order valence-corrected chi connectivity index (χ3v) is 2.99. The molecule has 0 saturated carbocycles. The summed E-state index contributed by atoms with van der Waals surface area (Å²) < 4.78 is 0. The second-order valence-corrected chi connectivity index (χ2v) is 6.55. The Morgan fingerprint density at radius 1 is 1.18 bits per heavy atom. The van der Waals surface area contributed by atoms with Crippen LogP contribution in [-0.2, 0) is 4.84 Å². The summed E-state index contributed by atoms with van der Waals surface area (Å²) in [5, 5.41) is 15.1. The molecule has 4 nitrogen and oxygen atoms in total. The molecular formula is C16H16Cl2N2O2. The lowest BCUT2D eigenvalue weighted by Crippen LogP contribution is -2.18. The second kappa shape index (κ2) is 6.55. The molecule has 0 saturated heterocycles. The summed E-state index contributed by atoms with van der Waals surface area (Å²) in [7, 11) is 0. The molecule has 0 amide bonds. The molecule has 2 aromatic rings. The van der Waals surface area contributed by atoms with Gasteiger partial charge < -0.3 is 9.94 Å². The van der Waals surface area contributed by atoms with Gasteiger partial charge in [0.25, 0.3) is 0 Å². The smallest absolute Gasteiger partial charge is 0.143 e. The molecular weight excluding hydrogens is 323 g/mol. The molecule has 6 heteroatoms. The molecule has 0 radical (unpaired) electrons. The van der Waals surface area contributed by atoms with E-state index in [1.165, 1.54) is 6.07 Å². The van der Waals surface area contributed by atoms with Crippen molar-refractivity contribution in [2.75, 3.05) is 0 Å². The fourth-order valence-electron chi connectivity index (χ4n) is 1.69. The zero-order valence-corrected chi connectivity index (χ0v) is 14.0. The maximum atomic E-state index is 10.0. The molecule has 116 valence electrons. The van der Waals surface area contributed by atoms with Crippen molar-refractivity contribution in [2.45, 2.75) is 26.4 Å². The minimum Gasteiger partial charge on any atom is -0.506 e. The number of oxime groups is 1. The first-order valence-corrected chi connectivity index (χ1v) is 7.39. The predicted octanol–water partition coefficient (Wildman–Crippen LogP) is 4.66. The van der Waals surface area contributed by atoms with Crippen LogP contribution in [0.3, 0.4) is 0 Å². The molecule has 1 N–H and O–H groups in total. The van der Waals surface area contributed by atoms with Crippen molar-refractivity contribution in [1.29, 1.82) is 0 Å². The van der Waals surface area contributed by atoms with Crippen molar-refractivity contribution in [3.8, 4) is 5.75 Å². The van der Waals surface area contributed by atoms with E-state index >= 15 is 0 Å². The Hall–Kier alpha value is -1.78. The van der Waals surface area contributed by atoms with E-state index in [9.17, 15) is 5.11 Å². The Bertz CT molecular complexity index is 689. The number of aromatic hydroxyl groups is 1. The van der Waals surface area contributed by atoms with Crippen LogP contribution in [0.25, 0.3) is 0 Å². The van der Waals surface area contributed by atoms with Gasteiger partial charge in [0.1, 0.15) is 22.8 Å². The molecule has 22 heavy (non-hydrogen) atoms. The lowest BCUT2D eigenvalue weighted by molar-refractivity contribution is 0.00111. The quantitative estimate of drug-likeness (QED) is 0.653. The summed E-state index contributed by atoms with van der Waals surface area (Å²) in [6, 6.07) is 8.15. The summed E-state index contributed by atoms with van der Waals surface area (Å²) >= 11 is 12.1. The van der Waals surface area contributed by atoms with Crippen molar-refractivity contribution >= 4 is 28.9 Å². The van der Waals surface area contributed by atoms with Crippen molar-refractivity contribution in [3.63, 3.8) is 0 Å². The monoisotopic (exact) mass is 338 g/mol. The van der Waals surface area contributed by atoms with Crippen molar-refractivity contribution in [1.82, 2.24) is 4.98 Å². The molecule has 1 heterocycles. The summed E-state index contributed by atoms with van der Waals surface area (Å²) in [6.45, 7) is 5.62. The highest BCUT2D eigenvalue weighted by atomic mass is 35.5. The van der Waals surface area contributed by atoms with E-state index in [0.29, 0.717) is 27.0 Å². The van der Waals surface area contributed by atoms with Crippen LogP contribution in [-0.4, -0.2) is 21.4 Å². The topological polar surface area (TPSA) is 54.7 Å². The highest BCUT2D eigenvalue weighted by Gasteiger charge is 2.18. The highest BCUT2D eigenvalue weighted by Crippen LogP contribution is 2.25. The highest BCUT2D eigenvalue weighted by molar-refractivity contribution is 6.35. The Balaban J connectivity index is 2.58. The molecule has 0 aliphatic heterocycles. The van der Waals surface area contributed by atoms with Crippen LogP contribution in [0, 0.1) is 0 Å². The van der Waals surface area contributed by atoms with Crippen molar-refractivity contribution in [2.24, 2.45) is 5.16 Å². The number of nitrogens with zero attached hydrogens (tertiary/aromatic N) is 2. The lowest BCUT2D eigenvalue weighted by Gasteiger charge is -2.17. The molecule has 2 rings (SSSR count). The fourth-order valence-corrected chi connectivity index (χ4v) is 2.21. The number of hydrogen-bond donors (Lipinski definition) is 1. The predicted molar refractivity (Wildman–Crippen MR) is 88.8 cm³/mol. The maximum absolute atomic E-state index is 10.0. The maximum Gasteiger partial charge on any atom is 0.143 e. The van der Waals surface area contributed by atoms with E-state index in [-0.39, 0.29) is 5.75 Å². The molecule has 0 aliphatic rings. The molecule has 1 aromatic carbocycles. The molecule has 0 unspecified atom stereocenters. The third-order valence-electron chi connectivity index (χ3n) is 2.56. The first kappa shape index (κ1) is 16.6. The number of hydrogen-bond acceptors (Lipinski definition) is 4. The average molecular weight is 339 g/mol. The van der Waals surface area contributed by atoms with E-state index in [1.807, 2.05) is 20.8 Å². The van der Waals surface area contributed by atoms with Gasteiger partial charge in [0.2, 0.25) is 0 Å². The van der Waals surface area contributed by atoms with Crippen LogP contribution in [0.2, 0.25) is 10.0 Å². The van der Waals surface area contributed by atoms with Crippen LogP contribution in [0.4, 0.5) is 0 Å². The van der Waals surface area contributed by atoms with Gasteiger partial charge in [0, 0.05) is 21.8 Å². The van der Waals surface area contributed by atoms with Gasteiger partial charge >= 0.3 is 0 Å². The second-order valence-electron chi connectivity index (χ2n) is 5.67. The molecule has 0 spiro atoms. The summed E-state index contributed by atoms with van der Waals surface area (Å²) in [4.78, 5) is 9.65. The fraction of sp³-hybridized carbons (Fsp3) is 0.250. The number of rotatable bonds is 3. The number of pyridine rings is 1. The molecule has 0 atom stereocenters. The Kier molecular flexibility index (Phi) is 4.94. The Labute approximate surface area is 139 Å². The molecule has 1 aromatic heterocycles. The average Bonchev–Trinajstić information content (AvgIpc) is 2.38. The first-order valence-electron chi connectivity index (χ1n) is 6.63. The van der Waals surface area contributed by atoms with Gasteiger partial charge in [-0.15, -0.1) is 0 Å². The summed E-state index contributed by atoms with van der Waals surface area (Å²) in [5.41, 5.74) is 0.774. The van der Waals surface area contributed by atoms with Gasteiger partial charge in [-0.3, -0.25) is 4.98 Å². The zero-order chi connectivity index (χ0) is 16.3. The molecule has 0 bridgehead atoms. The minimum atomic E-state index is -0.488. The van der Waals surface area contributed by atoms with Crippen LogP contribution < -0.4 is 0 Å². The van der Waals surface area contributed by atoms with E-state index in [0.717, 1.165) is 0 Å². The Morgan fingerprint density at radius 3 is 2.36 bits per heavy atom. The van der Waals surface area contributed by atoms with Gasteiger partial charge in [-0.2, -0.15) is 0 Å². The largest absolute Gasteiger partial charge is 0.506 e. The molecule has 0 aliphatic carbocycles. The first-order chi connectivity index (χ1) is 10.3. The summed E-state index contributed by atoms with van der Waals surface area (Å²) in [5.74, 6) is -0.00476. The van der Waals surface area contributed by atoms with Crippen LogP contribution in [0.1, 0.15) is 32.0 Å². The van der Waals surface area contributed by atoms with Crippen LogP contribution in [0.15, 0.2) is 41.7 Å². The van der Waals surface area contributed by atoms with E-state index in [2.05, 4.69) is 10.1 Å². The van der Waals surface area contributed by atoms with Gasteiger partial charge in [-0.05, 0) is 51.1 Å². The normalized spacial score (nSPS) is 12.3. The van der Waals surface area contributed by atoms with E-state index in [4.69, 9.17) is 28.0 Å². The van der Waals surface area contributed by atoms with Crippen LogP contribution in [0.5, 0.6) is 5.75 Å². The van der Waals surface area contributed by atoms with Crippen LogP contribution >= 0.6 is 23.2 Å².